The van der Waals surface area contributed by atoms with Gasteiger partial charge in [-0.25, -0.2) is 0 Å². The topological polar surface area (TPSA) is 0 Å². The Morgan fingerprint density at radius 1 is 0.483 bits per heavy atom. The molecule has 4 rings (SSSR count). The molecule has 0 atom stereocenters. The summed E-state index contributed by atoms with van der Waals surface area (Å²) in [6, 6.07) is 41.0. The molecule has 0 bridgehead atoms. The molecule has 0 aliphatic heterocycles. The zero-order chi connectivity index (χ0) is 20.2. The van der Waals surface area contributed by atoms with Gasteiger partial charge < -0.3 is 0 Å². The molecule has 0 radical (unpaired) electrons. The van der Waals surface area contributed by atoms with Gasteiger partial charge in [0, 0.05) is 6.04 Å². The Morgan fingerprint density at radius 3 is 1.07 bits per heavy atom. The summed E-state index contributed by atoms with van der Waals surface area (Å²) in [5.41, 5.74) is 2.56. The SMILES string of the molecule is CP(=CP(=S)(c1ccccc1)c1ccccc1)(c1ccccc1)c1ccccc1. The number of rotatable bonds is 5. The Hall–Kier alpha value is -2.17. The normalized spacial score (nSPS) is 11.8. The van der Waals surface area contributed by atoms with Gasteiger partial charge >= 0.3 is 0 Å². The molecular weight excluding hydrogens is 406 g/mol. The predicted octanol–water partition coefficient (Wildman–Crippen LogP) is 5.18. The van der Waals surface area contributed by atoms with Gasteiger partial charge in [0.1, 0.15) is 0 Å². The molecule has 3 heteroatoms. The van der Waals surface area contributed by atoms with E-state index in [2.05, 4.69) is 134 Å². The van der Waals surface area contributed by atoms with Gasteiger partial charge in [-0.05, 0) is 33.4 Å². The molecule has 4 aromatic carbocycles. The van der Waals surface area contributed by atoms with Crippen molar-refractivity contribution in [3.8, 4) is 0 Å². The third-order valence-corrected chi connectivity index (χ3v) is 15.4. The monoisotopic (exact) mass is 430 g/mol. The summed E-state index contributed by atoms with van der Waals surface area (Å²) in [5.74, 6) is 0. The van der Waals surface area contributed by atoms with Crippen molar-refractivity contribution in [1.82, 2.24) is 0 Å². The minimum Gasteiger partial charge on any atom is -0.0832 e. The van der Waals surface area contributed by atoms with Crippen LogP contribution in [0, 0.1) is 0 Å². The van der Waals surface area contributed by atoms with Crippen LogP contribution in [0.3, 0.4) is 0 Å². The highest BCUT2D eigenvalue weighted by Gasteiger charge is 2.26. The number of benzene rings is 4. The van der Waals surface area contributed by atoms with Crippen LogP contribution in [-0.2, 0) is 11.8 Å². The quantitative estimate of drug-likeness (QED) is 0.394. The smallest absolute Gasteiger partial charge is 0.0317 e. The summed E-state index contributed by atoms with van der Waals surface area (Å²) < 4.78 is 0. The van der Waals surface area contributed by atoms with Gasteiger partial charge in [0.05, 0.1) is 0 Å². The van der Waals surface area contributed by atoms with Crippen LogP contribution in [0.4, 0.5) is 0 Å². The summed E-state index contributed by atoms with van der Waals surface area (Å²) in [5, 5.41) is 5.23. The lowest BCUT2D eigenvalue weighted by molar-refractivity contribution is 1.75. The molecule has 0 N–H and O–H groups in total. The molecular formula is C26H24P2S. The van der Waals surface area contributed by atoms with Crippen LogP contribution >= 0.6 is 12.9 Å². The van der Waals surface area contributed by atoms with Crippen molar-refractivity contribution in [3.63, 3.8) is 0 Å². The van der Waals surface area contributed by atoms with Crippen molar-refractivity contribution < 1.29 is 0 Å². The highest BCUT2D eigenvalue weighted by molar-refractivity contribution is 8.33. The van der Waals surface area contributed by atoms with Crippen LogP contribution in [0.5, 0.6) is 0 Å². The molecule has 0 heterocycles. The van der Waals surface area contributed by atoms with E-state index in [0.717, 1.165) is 0 Å². The van der Waals surface area contributed by atoms with Crippen LogP contribution in [0.15, 0.2) is 121 Å². The molecule has 0 saturated heterocycles. The Balaban J connectivity index is 2.06. The molecule has 0 spiro atoms. The first-order chi connectivity index (χ1) is 14.1. The number of hydrogen-bond donors (Lipinski definition) is 0. The highest BCUT2D eigenvalue weighted by Crippen LogP contribution is 2.52. The third kappa shape index (κ3) is 4.10. The standard InChI is InChI=1S/C26H24P2S/c1-27(23-14-6-2-7-15-23,24-16-8-3-9-17-24)22-28(29,25-18-10-4-11-19-25)26-20-12-5-13-21-26/h2-22H,1H3. The molecule has 0 saturated carbocycles. The first kappa shape index (κ1) is 20.1. The van der Waals surface area contributed by atoms with Crippen molar-refractivity contribution in [2.45, 2.75) is 0 Å². The second kappa shape index (κ2) is 8.68. The molecule has 0 amide bonds. The Bertz CT molecular complexity index is 1080. The van der Waals surface area contributed by atoms with E-state index in [0.29, 0.717) is 0 Å². The summed E-state index contributed by atoms with van der Waals surface area (Å²) in [7, 11) is 0. The van der Waals surface area contributed by atoms with Gasteiger partial charge in [0.15, 0.2) is 0 Å². The fourth-order valence-corrected chi connectivity index (χ4v) is 14.2. The van der Waals surface area contributed by atoms with Gasteiger partial charge in [-0.3, -0.25) is 0 Å². The molecule has 0 aliphatic carbocycles. The molecule has 0 aliphatic rings. The highest BCUT2D eigenvalue weighted by atomic mass is 32.4. The molecule has 0 fully saturated rings. The van der Waals surface area contributed by atoms with Crippen molar-refractivity contribution in [2.24, 2.45) is 0 Å². The van der Waals surface area contributed by atoms with Crippen LogP contribution in [0.25, 0.3) is 0 Å². The van der Waals surface area contributed by atoms with E-state index in [1.165, 1.54) is 21.2 Å². The maximum absolute atomic E-state index is 6.57. The second-order valence-corrected chi connectivity index (χ2v) is 15.4. The maximum Gasteiger partial charge on any atom is 0.0317 e. The average Bonchev–Trinajstić information content (AvgIpc) is 2.81. The third-order valence-electron chi connectivity index (χ3n) is 5.26. The first-order valence-electron chi connectivity index (χ1n) is 9.68. The molecule has 4 aromatic rings. The van der Waals surface area contributed by atoms with E-state index >= 15 is 0 Å². The summed E-state index contributed by atoms with van der Waals surface area (Å²) in [6.45, 7) is 0.601. The fraction of sp³-hybridized carbons (Fsp3) is 0.0385. The van der Waals surface area contributed by atoms with Crippen LogP contribution in [0.2, 0.25) is 0 Å². The Morgan fingerprint density at radius 2 is 0.759 bits per heavy atom. The van der Waals surface area contributed by atoms with Gasteiger partial charge in [-0.2, -0.15) is 0 Å². The van der Waals surface area contributed by atoms with E-state index < -0.39 is 12.9 Å². The zero-order valence-corrected chi connectivity index (χ0v) is 19.0. The van der Waals surface area contributed by atoms with E-state index in [4.69, 9.17) is 11.8 Å². The average molecular weight is 430 g/mol. The summed E-state index contributed by atoms with van der Waals surface area (Å²) in [6.07, 6.45) is 0. The summed E-state index contributed by atoms with van der Waals surface area (Å²) in [4.78, 5) is 0. The molecule has 144 valence electrons. The van der Waals surface area contributed by atoms with E-state index in [1.807, 2.05) is 0 Å². The van der Waals surface area contributed by atoms with Gasteiger partial charge in [-0.1, -0.05) is 140 Å². The lowest BCUT2D eigenvalue weighted by Gasteiger charge is -2.29. The van der Waals surface area contributed by atoms with Crippen LogP contribution in [-0.4, -0.2) is 12.2 Å². The van der Waals surface area contributed by atoms with Crippen molar-refractivity contribution >= 4 is 51.5 Å². The maximum atomic E-state index is 6.57. The van der Waals surface area contributed by atoms with E-state index in [9.17, 15) is 0 Å². The first-order valence-corrected chi connectivity index (χ1v) is 14.9. The van der Waals surface area contributed by atoms with Crippen LogP contribution < -0.4 is 21.2 Å². The lowest BCUT2D eigenvalue weighted by atomic mass is 10.4. The largest absolute Gasteiger partial charge is 0.0832 e. The lowest BCUT2D eigenvalue weighted by Crippen LogP contribution is -2.22. The minimum absolute atomic E-state index is 1.25. The second-order valence-electron chi connectivity index (χ2n) is 7.19. The van der Waals surface area contributed by atoms with Crippen molar-refractivity contribution in [3.05, 3.63) is 121 Å². The zero-order valence-electron chi connectivity index (χ0n) is 16.4. The Labute approximate surface area is 179 Å². The van der Waals surface area contributed by atoms with Gasteiger partial charge in [0.2, 0.25) is 0 Å². The minimum atomic E-state index is -2.12. The molecule has 29 heavy (non-hydrogen) atoms. The van der Waals surface area contributed by atoms with E-state index in [-0.39, 0.29) is 0 Å². The van der Waals surface area contributed by atoms with E-state index in [1.54, 1.807) is 0 Å². The molecule has 0 aromatic heterocycles. The van der Waals surface area contributed by atoms with Crippen molar-refractivity contribution in [1.29, 1.82) is 0 Å². The Kier molecular flexibility index (Phi) is 6.02. The fourth-order valence-electron chi connectivity index (χ4n) is 3.66. The van der Waals surface area contributed by atoms with Crippen LogP contribution in [0.1, 0.15) is 0 Å². The summed E-state index contributed by atoms with van der Waals surface area (Å²) >= 11 is 6.57. The number of hydrogen-bond acceptors (Lipinski definition) is 1. The van der Waals surface area contributed by atoms with Gasteiger partial charge in [-0.15, -0.1) is 0 Å². The molecule has 0 unspecified atom stereocenters. The molecule has 0 nitrogen and oxygen atoms in total. The predicted molar refractivity (Wildman–Crippen MR) is 137 cm³/mol. The van der Waals surface area contributed by atoms with Gasteiger partial charge in [0.25, 0.3) is 0 Å². The van der Waals surface area contributed by atoms with Crippen molar-refractivity contribution in [2.75, 3.05) is 6.66 Å².